The minimum absolute atomic E-state index is 0.743. The Labute approximate surface area is 109 Å². The summed E-state index contributed by atoms with van der Waals surface area (Å²) in [5.74, 6) is 0. The Hall–Kier alpha value is 0.314. The lowest BCUT2D eigenvalue weighted by Crippen LogP contribution is -2.72. The SMILES string of the molecule is CCO[Si](NC)(N[Si](C)(C)C)C1CCCCC1. The summed E-state index contributed by atoms with van der Waals surface area (Å²) in [5, 5.41) is 0. The van der Waals surface area contributed by atoms with Crippen LogP contribution in [0, 0.1) is 0 Å². The second-order valence-corrected chi connectivity index (χ2v) is 14.7. The van der Waals surface area contributed by atoms with Crippen molar-refractivity contribution in [1.82, 2.24) is 9.63 Å². The van der Waals surface area contributed by atoms with Crippen molar-refractivity contribution in [2.45, 2.75) is 64.2 Å². The second kappa shape index (κ2) is 6.47. The highest BCUT2D eigenvalue weighted by Crippen LogP contribution is 2.35. The van der Waals surface area contributed by atoms with E-state index in [4.69, 9.17) is 4.43 Å². The maximum Gasteiger partial charge on any atom is 0.348 e. The molecule has 0 bridgehead atoms. The van der Waals surface area contributed by atoms with Crippen molar-refractivity contribution in [3.8, 4) is 0 Å². The van der Waals surface area contributed by atoms with Crippen LogP contribution in [0.3, 0.4) is 0 Å². The fourth-order valence-electron chi connectivity index (χ4n) is 2.89. The topological polar surface area (TPSA) is 33.3 Å². The molecule has 1 atom stereocenters. The summed E-state index contributed by atoms with van der Waals surface area (Å²) in [5.41, 5.74) is 0.743. The molecule has 17 heavy (non-hydrogen) atoms. The first-order chi connectivity index (χ1) is 7.93. The Balaban J connectivity index is 2.81. The number of hydrogen-bond donors (Lipinski definition) is 2. The van der Waals surface area contributed by atoms with Crippen LogP contribution in [0.15, 0.2) is 0 Å². The van der Waals surface area contributed by atoms with Crippen LogP contribution in [0.1, 0.15) is 39.0 Å². The van der Waals surface area contributed by atoms with Crippen LogP contribution in [-0.4, -0.2) is 30.5 Å². The molecule has 0 radical (unpaired) electrons. The van der Waals surface area contributed by atoms with Crippen molar-refractivity contribution in [3.05, 3.63) is 0 Å². The van der Waals surface area contributed by atoms with Gasteiger partial charge in [0.2, 0.25) is 0 Å². The van der Waals surface area contributed by atoms with Crippen LogP contribution in [0.4, 0.5) is 0 Å². The average molecular weight is 275 g/mol. The molecule has 1 rings (SSSR count). The molecule has 3 nitrogen and oxygen atoms in total. The summed E-state index contributed by atoms with van der Waals surface area (Å²) in [7, 11) is -1.17. The molecular weight excluding hydrogens is 244 g/mol. The monoisotopic (exact) mass is 274 g/mol. The molecule has 5 heteroatoms. The highest BCUT2D eigenvalue weighted by Gasteiger charge is 2.46. The Morgan fingerprint density at radius 2 is 1.71 bits per heavy atom. The summed E-state index contributed by atoms with van der Waals surface area (Å²) < 4.78 is 10.2. The molecule has 0 saturated heterocycles. The van der Waals surface area contributed by atoms with Crippen molar-refractivity contribution in [2.24, 2.45) is 0 Å². The molecule has 0 aromatic heterocycles. The van der Waals surface area contributed by atoms with Crippen molar-refractivity contribution < 1.29 is 4.43 Å². The number of hydrogen-bond acceptors (Lipinski definition) is 3. The van der Waals surface area contributed by atoms with Crippen molar-refractivity contribution in [1.29, 1.82) is 0 Å². The average Bonchev–Trinajstić information content (AvgIpc) is 2.28. The molecule has 0 aromatic rings. The van der Waals surface area contributed by atoms with Crippen LogP contribution >= 0.6 is 0 Å². The van der Waals surface area contributed by atoms with Gasteiger partial charge in [0.1, 0.15) is 8.24 Å². The summed E-state index contributed by atoms with van der Waals surface area (Å²) >= 11 is 0. The van der Waals surface area contributed by atoms with Gasteiger partial charge in [0.05, 0.1) is 0 Å². The lowest BCUT2D eigenvalue weighted by atomic mass is 10.0. The molecule has 0 aliphatic heterocycles. The standard InChI is InChI=1S/C12H30N2OSi2/c1-6-15-17(13-2,14-16(3,4)5)12-10-8-7-9-11-12/h12-14H,6-11H2,1-5H3. The zero-order valence-corrected chi connectivity index (χ0v) is 14.2. The van der Waals surface area contributed by atoms with Gasteiger partial charge < -0.3 is 14.1 Å². The largest absolute Gasteiger partial charge is 0.392 e. The summed E-state index contributed by atoms with van der Waals surface area (Å²) in [4.78, 5) is 3.58. The van der Waals surface area contributed by atoms with E-state index < -0.39 is 16.9 Å². The first-order valence-corrected chi connectivity index (χ1v) is 12.5. The maximum atomic E-state index is 6.25. The first-order valence-electron chi connectivity index (χ1n) is 7.06. The third-order valence-corrected chi connectivity index (χ3v) is 11.2. The van der Waals surface area contributed by atoms with Crippen molar-refractivity contribution >= 4 is 16.9 Å². The lowest BCUT2D eigenvalue weighted by Gasteiger charge is -2.43. The molecule has 2 N–H and O–H groups in total. The predicted octanol–water partition coefficient (Wildman–Crippen LogP) is 2.94. The van der Waals surface area contributed by atoms with Gasteiger partial charge in [-0.3, -0.25) is 0 Å². The van der Waals surface area contributed by atoms with Gasteiger partial charge in [0.25, 0.3) is 0 Å². The number of rotatable bonds is 6. The molecular formula is C12H30N2OSi2. The second-order valence-electron chi connectivity index (χ2n) is 6.13. The number of nitrogens with one attached hydrogen (secondary N) is 2. The molecule has 1 saturated carbocycles. The van der Waals surface area contributed by atoms with Crippen molar-refractivity contribution in [3.63, 3.8) is 0 Å². The normalized spacial score (nSPS) is 22.4. The Kier molecular flexibility index (Phi) is 5.85. The van der Waals surface area contributed by atoms with E-state index in [9.17, 15) is 0 Å². The zero-order chi connectivity index (χ0) is 12.9. The Morgan fingerprint density at radius 1 is 1.12 bits per heavy atom. The van der Waals surface area contributed by atoms with E-state index in [0.29, 0.717) is 0 Å². The van der Waals surface area contributed by atoms with Gasteiger partial charge in [-0.05, 0) is 26.8 Å². The smallest absolute Gasteiger partial charge is 0.348 e. The van der Waals surface area contributed by atoms with Crippen LogP contribution < -0.4 is 9.63 Å². The van der Waals surface area contributed by atoms with Gasteiger partial charge in [0.15, 0.2) is 0 Å². The zero-order valence-electron chi connectivity index (χ0n) is 12.2. The van der Waals surface area contributed by atoms with E-state index in [0.717, 1.165) is 12.1 Å². The van der Waals surface area contributed by atoms with Gasteiger partial charge in [-0.1, -0.05) is 38.9 Å². The fourth-order valence-corrected chi connectivity index (χ4v) is 11.4. The van der Waals surface area contributed by atoms with E-state index >= 15 is 0 Å². The minimum atomic E-state index is -1.94. The quantitative estimate of drug-likeness (QED) is 0.731. The van der Waals surface area contributed by atoms with Crippen molar-refractivity contribution in [2.75, 3.05) is 13.7 Å². The van der Waals surface area contributed by atoms with E-state index in [2.05, 4.69) is 43.2 Å². The van der Waals surface area contributed by atoms with E-state index in [1.807, 2.05) is 0 Å². The fraction of sp³-hybridized carbons (Fsp3) is 1.00. The molecule has 0 amide bonds. The third kappa shape index (κ3) is 4.48. The van der Waals surface area contributed by atoms with Crippen LogP contribution in [0.2, 0.25) is 25.2 Å². The molecule has 0 heterocycles. The van der Waals surface area contributed by atoms with Gasteiger partial charge in [0, 0.05) is 12.1 Å². The van der Waals surface area contributed by atoms with Crippen LogP contribution in [0.25, 0.3) is 0 Å². The third-order valence-electron chi connectivity index (χ3n) is 3.48. The van der Waals surface area contributed by atoms with Gasteiger partial charge in [-0.25, -0.2) is 0 Å². The van der Waals surface area contributed by atoms with Gasteiger partial charge >= 0.3 is 8.64 Å². The summed E-state index contributed by atoms with van der Waals surface area (Å²) in [6.07, 6.45) is 6.84. The van der Waals surface area contributed by atoms with E-state index in [1.54, 1.807) is 0 Å². The molecule has 0 spiro atoms. The van der Waals surface area contributed by atoms with E-state index in [-0.39, 0.29) is 0 Å². The lowest BCUT2D eigenvalue weighted by molar-refractivity contribution is 0.283. The molecule has 102 valence electrons. The molecule has 1 aliphatic carbocycles. The van der Waals surface area contributed by atoms with Crippen LogP contribution in [0.5, 0.6) is 0 Å². The highest BCUT2D eigenvalue weighted by atomic mass is 28.4. The van der Waals surface area contributed by atoms with Gasteiger partial charge in [-0.2, -0.15) is 0 Å². The summed E-state index contributed by atoms with van der Waals surface area (Å²) in [6.45, 7) is 10.0. The highest BCUT2D eigenvalue weighted by molar-refractivity contribution is 6.88. The molecule has 1 fully saturated rings. The minimum Gasteiger partial charge on any atom is -0.392 e. The Morgan fingerprint density at radius 3 is 2.12 bits per heavy atom. The maximum absolute atomic E-state index is 6.25. The molecule has 1 unspecified atom stereocenters. The van der Waals surface area contributed by atoms with Crippen LogP contribution in [-0.2, 0) is 4.43 Å². The van der Waals surface area contributed by atoms with E-state index in [1.165, 1.54) is 32.1 Å². The first kappa shape index (κ1) is 15.4. The summed E-state index contributed by atoms with van der Waals surface area (Å²) in [6, 6.07) is 0. The predicted molar refractivity (Wildman–Crippen MR) is 79.8 cm³/mol. The molecule has 1 aliphatic rings. The van der Waals surface area contributed by atoms with Gasteiger partial charge in [-0.15, -0.1) is 0 Å². The molecule has 0 aromatic carbocycles. The Bertz CT molecular complexity index is 227.